The molecule has 1 N–H and O–H groups in total. The lowest BCUT2D eigenvalue weighted by Gasteiger charge is -2.29. The second-order valence-corrected chi connectivity index (χ2v) is 8.21. The molecule has 2 heterocycles. The van der Waals surface area contributed by atoms with Crippen molar-refractivity contribution in [1.29, 1.82) is 0 Å². The minimum Gasteiger partial charge on any atom is -0.313 e. The van der Waals surface area contributed by atoms with Crippen molar-refractivity contribution >= 4 is 9.84 Å². The first-order valence-corrected chi connectivity index (χ1v) is 8.72. The summed E-state index contributed by atoms with van der Waals surface area (Å²) in [5.74, 6) is 0.506. The second kappa shape index (κ2) is 4.31. The molecule has 0 radical (unpaired) electrons. The lowest BCUT2D eigenvalue weighted by atomic mass is 9.92. The molecule has 2 aliphatic rings. The summed E-state index contributed by atoms with van der Waals surface area (Å²) in [6.45, 7) is 2.02. The molecule has 0 bridgehead atoms. The second-order valence-electron chi connectivity index (χ2n) is 6.03. The van der Waals surface area contributed by atoms with E-state index in [1.54, 1.807) is 0 Å². The molecule has 5 nitrogen and oxygen atoms in total. The molecule has 3 rings (SSSR count). The van der Waals surface area contributed by atoms with Crippen molar-refractivity contribution in [3.63, 3.8) is 0 Å². The molecule has 2 unspecified atom stereocenters. The van der Waals surface area contributed by atoms with Crippen LogP contribution in [-0.4, -0.2) is 36.8 Å². The van der Waals surface area contributed by atoms with Crippen molar-refractivity contribution in [2.45, 2.75) is 44.2 Å². The van der Waals surface area contributed by atoms with Crippen LogP contribution >= 0.6 is 0 Å². The summed E-state index contributed by atoms with van der Waals surface area (Å²) in [4.78, 5) is 0. The van der Waals surface area contributed by atoms with Crippen molar-refractivity contribution < 1.29 is 8.42 Å². The smallest absolute Gasteiger partial charge is 0.152 e. The molecule has 0 spiro atoms. The van der Waals surface area contributed by atoms with Crippen LogP contribution in [0.25, 0.3) is 0 Å². The highest BCUT2D eigenvalue weighted by atomic mass is 32.2. The van der Waals surface area contributed by atoms with Crippen LogP contribution in [0.15, 0.2) is 6.20 Å². The van der Waals surface area contributed by atoms with Crippen LogP contribution in [-0.2, 0) is 21.8 Å². The Kier molecular flexibility index (Phi) is 2.98. The number of fused-ring (bicyclic) bond motifs is 1. The predicted octanol–water partition coefficient (Wildman–Crippen LogP) is 1.01. The summed E-state index contributed by atoms with van der Waals surface area (Å²) in [5.41, 5.74) is 2.12. The van der Waals surface area contributed by atoms with Gasteiger partial charge in [0.2, 0.25) is 0 Å². The van der Waals surface area contributed by atoms with Gasteiger partial charge in [-0.1, -0.05) is 0 Å². The highest BCUT2D eigenvalue weighted by molar-refractivity contribution is 7.91. The van der Waals surface area contributed by atoms with Gasteiger partial charge in [-0.3, -0.25) is 4.68 Å². The average Bonchev–Trinajstić information content (AvgIpc) is 2.91. The van der Waals surface area contributed by atoms with Crippen LogP contribution < -0.4 is 5.32 Å². The third-order valence-electron chi connectivity index (χ3n) is 4.53. The van der Waals surface area contributed by atoms with Crippen LogP contribution in [0.1, 0.15) is 43.5 Å². The normalized spacial score (nSPS) is 33.3. The summed E-state index contributed by atoms with van der Waals surface area (Å²) >= 11 is 0. The molecule has 0 saturated carbocycles. The maximum Gasteiger partial charge on any atom is 0.152 e. The fourth-order valence-corrected chi connectivity index (χ4v) is 5.59. The Morgan fingerprint density at radius 1 is 1.53 bits per heavy atom. The van der Waals surface area contributed by atoms with Crippen LogP contribution in [0, 0.1) is 0 Å². The summed E-state index contributed by atoms with van der Waals surface area (Å²) < 4.78 is 25.5. The van der Waals surface area contributed by atoms with E-state index in [0.717, 1.165) is 19.3 Å². The lowest BCUT2D eigenvalue weighted by Crippen LogP contribution is -2.35. The van der Waals surface area contributed by atoms with E-state index in [2.05, 4.69) is 10.4 Å². The fraction of sp³-hybridized carbons (Fsp3) is 0.769. The van der Waals surface area contributed by atoms with Gasteiger partial charge in [-0.15, -0.1) is 0 Å². The molecule has 0 aromatic carbocycles. The number of nitrogens with one attached hydrogen (secondary N) is 1. The number of hydrogen-bond acceptors (Lipinski definition) is 4. The van der Waals surface area contributed by atoms with E-state index >= 15 is 0 Å². The Morgan fingerprint density at radius 2 is 2.32 bits per heavy atom. The van der Waals surface area contributed by atoms with E-state index in [4.69, 9.17) is 0 Å². The molecule has 1 saturated heterocycles. The molecule has 1 fully saturated rings. The number of aromatic nitrogens is 2. The van der Waals surface area contributed by atoms with Gasteiger partial charge in [-0.25, -0.2) is 8.42 Å². The molecule has 1 aromatic rings. The Hall–Kier alpha value is -0.880. The predicted molar refractivity (Wildman–Crippen MR) is 73.9 cm³/mol. The summed E-state index contributed by atoms with van der Waals surface area (Å²) in [7, 11) is -0.931. The average molecular weight is 283 g/mol. The summed E-state index contributed by atoms with van der Waals surface area (Å²) in [6, 6.07) is 0.360. The lowest BCUT2D eigenvalue weighted by molar-refractivity contribution is 0.312. The van der Waals surface area contributed by atoms with Gasteiger partial charge in [-0.05, 0) is 39.7 Å². The quantitative estimate of drug-likeness (QED) is 0.880. The van der Waals surface area contributed by atoms with Crippen LogP contribution in [0.3, 0.4) is 0 Å². The zero-order chi connectivity index (χ0) is 13.7. The highest BCUT2D eigenvalue weighted by Gasteiger charge is 2.42. The Bertz CT molecular complexity index is 593. The maximum absolute atomic E-state index is 11.8. The minimum atomic E-state index is -2.90. The monoisotopic (exact) mass is 283 g/mol. The van der Waals surface area contributed by atoms with E-state index in [-0.39, 0.29) is 17.0 Å². The van der Waals surface area contributed by atoms with Crippen LogP contribution in [0.4, 0.5) is 0 Å². The van der Waals surface area contributed by atoms with Crippen LogP contribution in [0.2, 0.25) is 0 Å². The first-order chi connectivity index (χ1) is 8.95. The van der Waals surface area contributed by atoms with Gasteiger partial charge in [-0.2, -0.15) is 5.10 Å². The number of rotatable bonds is 2. The SMILES string of the molecule is CNC1CCCc2c1cnn2C1(C)CCS(=O)(=O)C1. The molecule has 0 amide bonds. The zero-order valence-corrected chi connectivity index (χ0v) is 12.3. The topological polar surface area (TPSA) is 64.0 Å². The van der Waals surface area contributed by atoms with E-state index in [1.165, 1.54) is 11.3 Å². The van der Waals surface area contributed by atoms with Gasteiger partial charge in [0.05, 0.1) is 23.2 Å². The standard InChI is InChI=1S/C13H21N3O2S/c1-13(6-7-19(17,18)9-13)16-12-5-3-4-11(14-2)10(12)8-15-16/h8,11,14H,3-7,9H2,1-2H3. The third-order valence-corrected chi connectivity index (χ3v) is 6.41. The first-order valence-electron chi connectivity index (χ1n) is 6.90. The minimum absolute atomic E-state index is 0.221. The molecule has 2 atom stereocenters. The molecular formula is C13H21N3O2S. The number of nitrogens with zero attached hydrogens (tertiary/aromatic N) is 2. The Morgan fingerprint density at radius 3 is 2.95 bits per heavy atom. The molecule has 1 aromatic heterocycles. The first kappa shape index (κ1) is 13.1. The molecule has 106 valence electrons. The van der Waals surface area contributed by atoms with Crippen molar-refractivity contribution in [2.75, 3.05) is 18.6 Å². The summed E-state index contributed by atoms with van der Waals surface area (Å²) in [5, 5.41) is 7.85. The molecular weight excluding hydrogens is 262 g/mol. The van der Waals surface area contributed by atoms with Gasteiger partial charge in [0.1, 0.15) is 0 Å². The van der Waals surface area contributed by atoms with Gasteiger partial charge in [0, 0.05) is 17.3 Å². The van der Waals surface area contributed by atoms with Crippen molar-refractivity contribution in [1.82, 2.24) is 15.1 Å². The Balaban J connectivity index is 2.01. The molecule has 19 heavy (non-hydrogen) atoms. The van der Waals surface area contributed by atoms with Crippen molar-refractivity contribution in [3.05, 3.63) is 17.5 Å². The van der Waals surface area contributed by atoms with E-state index < -0.39 is 9.84 Å². The van der Waals surface area contributed by atoms with E-state index in [9.17, 15) is 8.42 Å². The fourth-order valence-electron chi connectivity index (χ4n) is 3.48. The zero-order valence-electron chi connectivity index (χ0n) is 11.5. The van der Waals surface area contributed by atoms with Crippen LogP contribution in [0.5, 0.6) is 0 Å². The number of hydrogen-bond donors (Lipinski definition) is 1. The van der Waals surface area contributed by atoms with Gasteiger partial charge in [0.25, 0.3) is 0 Å². The highest BCUT2D eigenvalue weighted by Crippen LogP contribution is 2.36. The molecule has 1 aliphatic carbocycles. The largest absolute Gasteiger partial charge is 0.313 e. The van der Waals surface area contributed by atoms with Gasteiger partial charge in [0.15, 0.2) is 9.84 Å². The maximum atomic E-state index is 11.8. The van der Waals surface area contributed by atoms with E-state index in [0.29, 0.717) is 12.5 Å². The Labute approximate surface area is 114 Å². The van der Waals surface area contributed by atoms with Crippen molar-refractivity contribution in [2.24, 2.45) is 0 Å². The molecule has 6 heteroatoms. The number of sulfone groups is 1. The summed E-state index contributed by atoms with van der Waals surface area (Å²) in [6.07, 6.45) is 5.86. The third kappa shape index (κ3) is 2.10. The van der Waals surface area contributed by atoms with Crippen molar-refractivity contribution in [3.8, 4) is 0 Å². The van der Waals surface area contributed by atoms with Gasteiger partial charge < -0.3 is 5.32 Å². The van der Waals surface area contributed by atoms with E-state index in [1.807, 2.05) is 24.9 Å². The molecule has 1 aliphatic heterocycles. The van der Waals surface area contributed by atoms with Gasteiger partial charge >= 0.3 is 0 Å².